The highest BCUT2D eigenvalue weighted by molar-refractivity contribution is 5.55. The maximum atomic E-state index is 3.82. The number of fused-ring (bicyclic) bond motifs is 7. The normalized spacial score (nSPS) is 27.8. The van der Waals surface area contributed by atoms with Crippen LogP contribution < -0.4 is 5.32 Å². The number of nitrogens with one attached hydrogen (secondary N) is 1. The summed E-state index contributed by atoms with van der Waals surface area (Å²) in [6.45, 7) is 4.50. The molecule has 2 atom stereocenters. The fourth-order valence-electron chi connectivity index (χ4n) is 3.70. The molecule has 4 rings (SSSR count). The van der Waals surface area contributed by atoms with Gasteiger partial charge in [0.2, 0.25) is 0 Å². The Balaban J connectivity index is 2.04. The van der Waals surface area contributed by atoms with E-state index >= 15 is 0 Å². The lowest BCUT2D eigenvalue weighted by atomic mass is 9.82. The lowest BCUT2D eigenvalue weighted by Crippen LogP contribution is -2.41. The Hall–Kier alpha value is -1.60. The Morgan fingerprint density at radius 3 is 2.83 bits per heavy atom. The molecule has 2 bridgehead atoms. The van der Waals surface area contributed by atoms with Crippen molar-refractivity contribution in [2.45, 2.75) is 31.8 Å². The van der Waals surface area contributed by atoms with Gasteiger partial charge in [0, 0.05) is 6.04 Å². The highest BCUT2D eigenvalue weighted by Gasteiger charge is 2.45. The summed E-state index contributed by atoms with van der Waals surface area (Å²) in [4.78, 5) is 0. The first-order valence-electron chi connectivity index (χ1n) is 6.65. The van der Waals surface area contributed by atoms with Crippen LogP contribution in [0.3, 0.4) is 0 Å². The van der Waals surface area contributed by atoms with Gasteiger partial charge < -0.3 is 0 Å². The van der Waals surface area contributed by atoms with Crippen molar-refractivity contribution in [2.24, 2.45) is 0 Å². The third kappa shape index (κ3) is 1.15. The van der Waals surface area contributed by atoms with E-state index in [1.165, 1.54) is 27.8 Å². The van der Waals surface area contributed by atoms with Crippen molar-refractivity contribution in [3.8, 4) is 0 Å². The smallest absolute Gasteiger partial charge is 0.0672 e. The van der Waals surface area contributed by atoms with Gasteiger partial charge in [-0.1, -0.05) is 48.0 Å². The van der Waals surface area contributed by atoms with Crippen molar-refractivity contribution in [3.05, 3.63) is 70.3 Å². The molecule has 0 saturated carbocycles. The minimum atomic E-state index is 0.000856. The van der Waals surface area contributed by atoms with E-state index in [0.717, 1.165) is 6.42 Å². The highest BCUT2D eigenvalue weighted by Crippen LogP contribution is 2.48. The molecule has 0 radical (unpaired) electrons. The van der Waals surface area contributed by atoms with Crippen molar-refractivity contribution in [1.29, 1.82) is 0 Å². The van der Waals surface area contributed by atoms with E-state index < -0.39 is 0 Å². The van der Waals surface area contributed by atoms with Gasteiger partial charge in [-0.25, -0.2) is 0 Å². The van der Waals surface area contributed by atoms with Crippen molar-refractivity contribution in [2.75, 3.05) is 0 Å². The monoisotopic (exact) mass is 235 g/mol. The Labute approximate surface area is 108 Å². The lowest BCUT2D eigenvalue weighted by Gasteiger charge is -2.34. The molecule has 2 aromatic rings. The second kappa shape index (κ2) is 3.24. The van der Waals surface area contributed by atoms with E-state index in [9.17, 15) is 0 Å². The molecule has 0 aliphatic carbocycles. The largest absolute Gasteiger partial charge is 0.297 e. The zero-order valence-corrected chi connectivity index (χ0v) is 10.8. The van der Waals surface area contributed by atoms with Crippen LogP contribution in [-0.4, -0.2) is 0 Å². The third-order valence-corrected chi connectivity index (χ3v) is 4.57. The summed E-state index contributed by atoms with van der Waals surface area (Å²) in [7, 11) is 0. The van der Waals surface area contributed by atoms with Crippen molar-refractivity contribution in [1.82, 2.24) is 5.32 Å². The second-order valence-corrected chi connectivity index (χ2v) is 5.77. The topological polar surface area (TPSA) is 12.0 Å². The number of benzene rings is 2. The Morgan fingerprint density at radius 1 is 1.11 bits per heavy atom. The average molecular weight is 235 g/mol. The van der Waals surface area contributed by atoms with Gasteiger partial charge >= 0.3 is 0 Å². The van der Waals surface area contributed by atoms with Crippen LogP contribution in [0.5, 0.6) is 0 Å². The third-order valence-electron chi connectivity index (χ3n) is 4.57. The number of hydrogen-bond donors (Lipinski definition) is 1. The fraction of sp³-hybridized carbons (Fsp3) is 0.294. The SMILES string of the molecule is Cc1ccc2c(c1)[C@@]1(C)N[C@@H]2Cc2ccccc21. The van der Waals surface area contributed by atoms with E-state index in [1.54, 1.807) is 0 Å². The summed E-state index contributed by atoms with van der Waals surface area (Å²) in [5.74, 6) is 0. The molecule has 1 heteroatoms. The Kier molecular flexibility index (Phi) is 1.86. The van der Waals surface area contributed by atoms with Crippen LogP contribution in [0.4, 0.5) is 0 Å². The predicted molar refractivity (Wildman–Crippen MR) is 73.7 cm³/mol. The van der Waals surface area contributed by atoms with E-state index in [1.807, 2.05) is 0 Å². The summed E-state index contributed by atoms with van der Waals surface area (Å²) in [5.41, 5.74) is 7.25. The van der Waals surface area contributed by atoms with Gasteiger partial charge in [0.25, 0.3) is 0 Å². The van der Waals surface area contributed by atoms with Crippen LogP contribution in [0.2, 0.25) is 0 Å². The van der Waals surface area contributed by atoms with Crippen molar-refractivity contribution >= 4 is 0 Å². The summed E-state index contributed by atoms with van der Waals surface area (Å²) < 4.78 is 0. The summed E-state index contributed by atoms with van der Waals surface area (Å²) in [6.07, 6.45) is 1.11. The molecule has 2 heterocycles. The van der Waals surface area contributed by atoms with Crippen LogP contribution in [0.15, 0.2) is 42.5 Å². The van der Waals surface area contributed by atoms with Gasteiger partial charge in [0.1, 0.15) is 0 Å². The maximum Gasteiger partial charge on any atom is 0.0672 e. The van der Waals surface area contributed by atoms with E-state index in [0.29, 0.717) is 6.04 Å². The quantitative estimate of drug-likeness (QED) is 0.737. The molecule has 1 N–H and O–H groups in total. The van der Waals surface area contributed by atoms with Crippen molar-refractivity contribution in [3.63, 3.8) is 0 Å². The zero-order valence-electron chi connectivity index (χ0n) is 10.8. The fourth-order valence-corrected chi connectivity index (χ4v) is 3.70. The molecule has 0 spiro atoms. The van der Waals surface area contributed by atoms with E-state index in [4.69, 9.17) is 0 Å². The van der Waals surface area contributed by atoms with Crippen molar-refractivity contribution < 1.29 is 0 Å². The summed E-state index contributed by atoms with van der Waals surface area (Å²) >= 11 is 0. The van der Waals surface area contributed by atoms with Crippen LogP contribution in [0.1, 0.15) is 40.8 Å². The molecule has 1 nitrogen and oxygen atoms in total. The first-order valence-corrected chi connectivity index (χ1v) is 6.65. The second-order valence-electron chi connectivity index (χ2n) is 5.77. The maximum absolute atomic E-state index is 3.82. The molecule has 18 heavy (non-hydrogen) atoms. The lowest BCUT2D eigenvalue weighted by molar-refractivity contribution is 0.389. The number of aryl methyl sites for hydroxylation is 1. The van der Waals surface area contributed by atoms with Gasteiger partial charge in [-0.05, 0) is 42.5 Å². The number of hydrogen-bond acceptors (Lipinski definition) is 1. The van der Waals surface area contributed by atoms with E-state index in [-0.39, 0.29) is 5.54 Å². The van der Waals surface area contributed by atoms with Gasteiger partial charge in [-0.3, -0.25) is 5.32 Å². The number of rotatable bonds is 0. The van der Waals surface area contributed by atoms with Crippen LogP contribution >= 0.6 is 0 Å². The van der Waals surface area contributed by atoms with Gasteiger partial charge in [-0.15, -0.1) is 0 Å². The minimum Gasteiger partial charge on any atom is -0.297 e. The Bertz CT molecular complexity index is 644. The van der Waals surface area contributed by atoms with E-state index in [2.05, 4.69) is 61.6 Å². The Morgan fingerprint density at radius 2 is 1.94 bits per heavy atom. The molecule has 0 aromatic heterocycles. The molecule has 0 saturated heterocycles. The molecule has 0 amide bonds. The zero-order chi connectivity index (χ0) is 12.3. The predicted octanol–water partition coefficient (Wildman–Crippen LogP) is 3.46. The highest BCUT2D eigenvalue weighted by atomic mass is 15.1. The van der Waals surface area contributed by atoms with Crippen LogP contribution in [-0.2, 0) is 12.0 Å². The first-order chi connectivity index (χ1) is 8.68. The standard InChI is InChI=1S/C17H17N/c1-11-7-8-13-15(9-11)17(2)14-6-4-3-5-12(14)10-16(13)18-17/h3-9,16,18H,10H2,1-2H3/t16-,17+/m1/s1. The molecule has 90 valence electrons. The summed E-state index contributed by atoms with van der Waals surface area (Å²) in [5, 5.41) is 3.82. The summed E-state index contributed by atoms with van der Waals surface area (Å²) in [6, 6.07) is 16.2. The van der Waals surface area contributed by atoms with Gasteiger partial charge in [-0.2, -0.15) is 0 Å². The first kappa shape index (κ1) is 10.3. The average Bonchev–Trinajstić information content (AvgIpc) is 2.59. The molecule has 0 fully saturated rings. The van der Waals surface area contributed by atoms with Crippen LogP contribution in [0.25, 0.3) is 0 Å². The minimum absolute atomic E-state index is 0.000856. The van der Waals surface area contributed by atoms with Gasteiger partial charge in [0.15, 0.2) is 0 Å². The molecule has 2 aromatic carbocycles. The molecule has 2 aliphatic heterocycles. The van der Waals surface area contributed by atoms with Crippen LogP contribution in [0, 0.1) is 6.92 Å². The molecular formula is C17H17N. The van der Waals surface area contributed by atoms with Gasteiger partial charge in [0.05, 0.1) is 5.54 Å². The molecule has 2 aliphatic rings. The molecule has 0 unspecified atom stereocenters. The molecular weight excluding hydrogens is 218 g/mol.